The van der Waals surface area contributed by atoms with Gasteiger partial charge in [-0.3, -0.25) is 9.48 Å². The molecule has 0 radical (unpaired) electrons. The van der Waals surface area contributed by atoms with Gasteiger partial charge in [-0.1, -0.05) is 0 Å². The van der Waals surface area contributed by atoms with Crippen LogP contribution in [0.15, 0.2) is 12.3 Å². The van der Waals surface area contributed by atoms with Crippen LogP contribution in [0.5, 0.6) is 0 Å². The second-order valence-electron chi connectivity index (χ2n) is 4.79. The third-order valence-corrected chi connectivity index (χ3v) is 2.99. The van der Waals surface area contributed by atoms with Crippen molar-refractivity contribution in [2.45, 2.75) is 52.1 Å². The Bertz CT molecular complexity index is 385. The predicted molar refractivity (Wildman–Crippen MR) is 70.0 cm³/mol. The lowest BCUT2D eigenvalue weighted by Gasteiger charge is -2.22. The Balaban J connectivity index is 2.29. The van der Waals surface area contributed by atoms with E-state index >= 15 is 0 Å². The van der Waals surface area contributed by atoms with E-state index in [1.54, 1.807) is 20.0 Å². The van der Waals surface area contributed by atoms with Crippen LogP contribution in [-0.2, 0) is 16.1 Å². The number of carbonyl (C=O) groups excluding carboxylic acids is 1. The lowest BCUT2D eigenvalue weighted by Crippen LogP contribution is -2.46. The van der Waals surface area contributed by atoms with E-state index in [0.717, 1.165) is 25.1 Å². The molecule has 1 unspecified atom stereocenters. The van der Waals surface area contributed by atoms with Crippen molar-refractivity contribution in [3.05, 3.63) is 18.0 Å². The molecule has 1 heterocycles. The molecule has 0 aliphatic rings. The van der Waals surface area contributed by atoms with Crippen LogP contribution >= 0.6 is 0 Å². The number of esters is 1. The highest BCUT2D eigenvalue weighted by molar-refractivity contribution is 5.79. The molecule has 1 aromatic rings. The second-order valence-corrected chi connectivity index (χ2v) is 4.79. The summed E-state index contributed by atoms with van der Waals surface area (Å²) in [7, 11) is 0. The SMILES string of the molecule is CCOC(=O)C(C)(N)CCCCn1nccc1C. The van der Waals surface area contributed by atoms with E-state index < -0.39 is 5.54 Å². The van der Waals surface area contributed by atoms with Gasteiger partial charge in [0.1, 0.15) is 5.54 Å². The first kappa shape index (κ1) is 14.7. The van der Waals surface area contributed by atoms with Gasteiger partial charge in [0, 0.05) is 18.4 Å². The number of aromatic nitrogens is 2. The molecule has 5 nitrogen and oxygen atoms in total. The molecule has 0 aliphatic carbocycles. The summed E-state index contributed by atoms with van der Waals surface area (Å²) in [4.78, 5) is 11.6. The first-order valence-corrected chi connectivity index (χ1v) is 6.42. The summed E-state index contributed by atoms with van der Waals surface area (Å²) in [6.07, 6.45) is 4.26. The molecule has 0 aromatic carbocycles. The van der Waals surface area contributed by atoms with E-state index in [2.05, 4.69) is 5.10 Å². The average molecular weight is 253 g/mol. The molecule has 0 amide bonds. The molecule has 0 fully saturated rings. The molecule has 102 valence electrons. The molecule has 0 saturated heterocycles. The van der Waals surface area contributed by atoms with Crippen LogP contribution in [0.2, 0.25) is 0 Å². The van der Waals surface area contributed by atoms with Crippen molar-refractivity contribution in [3.8, 4) is 0 Å². The smallest absolute Gasteiger partial charge is 0.325 e. The number of ether oxygens (including phenoxy) is 1. The Kier molecular flexibility index (Phi) is 5.34. The minimum atomic E-state index is -0.880. The molecule has 18 heavy (non-hydrogen) atoms. The maximum atomic E-state index is 11.6. The van der Waals surface area contributed by atoms with Crippen LogP contribution in [0.4, 0.5) is 0 Å². The van der Waals surface area contributed by atoms with E-state index in [1.807, 2.05) is 17.7 Å². The summed E-state index contributed by atoms with van der Waals surface area (Å²) in [5.41, 5.74) is 6.21. The number of unbranched alkanes of at least 4 members (excludes halogenated alkanes) is 1. The number of hydrogen-bond acceptors (Lipinski definition) is 4. The molecule has 1 rings (SSSR count). The van der Waals surface area contributed by atoms with Crippen molar-refractivity contribution >= 4 is 5.97 Å². The highest BCUT2D eigenvalue weighted by Crippen LogP contribution is 2.13. The number of aryl methyl sites for hydroxylation is 2. The maximum absolute atomic E-state index is 11.6. The zero-order valence-corrected chi connectivity index (χ0v) is 11.5. The maximum Gasteiger partial charge on any atom is 0.325 e. The molecular formula is C13H23N3O2. The quantitative estimate of drug-likeness (QED) is 0.592. The Morgan fingerprint density at radius 1 is 1.56 bits per heavy atom. The van der Waals surface area contributed by atoms with Crippen LogP contribution in [0.25, 0.3) is 0 Å². The molecule has 0 spiro atoms. The van der Waals surface area contributed by atoms with Gasteiger partial charge in [0.15, 0.2) is 0 Å². The van der Waals surface area contributed by atoms with Crippen molar-refractivity contribution < 1.29 is 9.53 Å². The fraction of sp³-hybridized carbons (Fsp3) is 0.692. The third-order valence-electron chi connectivity index (χ3n) is 2.99. The van der Waals surface area contributed by atoms with Gasteiger partial charge in [0.25, 0.3) is 0 Å². The summed E-state index contributed by atoms with van der Waals surface area (Å²) in [6.45, 7) is 6.77. The van der Waals surface area contributed by atoms with Crippen LogP contribution in [0, 0.1) is 6.92 Å². The van der Waals surface area contributed by atoms with E-state index in [9.17, 15) is 4.79 Å². The molecule has 1 atom stereocenters. The van der Waals surface area contributed by atoms with Gasteiger partial charge in [-0.15, -0.1) is 0 Å². The number of carbonyl (C=O) groups is 1. The summed E-state index contributed by atoms with van der Waals surface area (Å²) < 4.78 is 6.90. The normalized spacial score (nSPS) is 14.2. The first-order chi connectivity index (χ1) is 8.47. The zero-order valence-electron chi connectivity index (χ0n) is 11.5. The van der Waals surface area contributed by atoms with Gasteiger partial charge in [-0.2, -0.15) is 5.10 Å². The number of nitrogens with zero attached hydrogens (tertiary/aromatic N) is 2. The highest BCUT2D eigenvalue weighted by Gasteiger charge is 2.28. The molecule has 5 heteroatoms. The van der Waals surface area contributed by atoms with Gasteiger partial charge in [0.05, 0.1) is 6.61 Å². The molecule has 0 saturated carbocycles. The van der Waals surface area contributed by atoms with Crippen molar-refractivity contribution in [3.63, 3.8) is 0 Å². The zero-order chi connectivity index (χ0) is 13.6. The van der Waals surface area contributed by atoms with Crippen molar-refractivity contribution in [2.75, 3.05) is 6.61 Å². The number of hydrogen-bond donors (Lipinski definition) is 1. The average Bonchev–Trinajstić information content (AvgIpc) is 2.71. The summed E-state index contributed by atoms with van der Waals surface area (Å²) in [5, 5.41) is 4.21. The Morgan fingerprint density at radius 2 is 2.28 bits per heavy atom. The van der Waals surface area contributed by atoms with Crippen LogP contribution in [0.3, 0.4) is 0 Å². The standard InChI is InChI=1S/C13H23N3O2/c1-4-18-12(17)13(3,14)8-5-6-10-16-11(2)7-9-15-16/h7,9H,4-6,8,10,14H2,1-3H3. The Hall–Kier alpha value is -1.36. The van der Waals surface area contributed by atoms with E-state index in [0.29, 0.717) is 13.0 Å². The van der Waals surface area contributed by atoms with Gasteiger partial charge >= 0.3 is 5.97 Å². The van der Waals surface area contributed by atoms with Gasteiger partial charge in [-0.25, -0.2) is 0 Å². The minimum Gasteiger partial charge on any atom is -0.465 e. The van der Waals surface area contributed by atoms with E-state index in [4.69, 9.17) is 10.5 Å². The summed E-state index contributed by atoms with van der Waals surface area (Å²) in [6, 6.07) is 1.98. The van der Waals surface area contributed by atoms with Crippen LogP contribution < -0.4 is 5.73 Å². The van der Waals surface area contributed by atoms with Crippen molar-refractivity contribution in [1.29, 1.82) is 0 Å². The van der Waals surface area contributed by atoms with Gasteiger partial charge in [0.2, 0.25) is 0 Å². The number of nitrogens with two attached hydrogens (primary N) is 1. The Labute approximate surface area is 108 Å². The lowest BCUT2D eigenvalue weighted by molar-refractivity contribution is -0.149. The minimum absolute atomic E-state index is 0.319. The summed E-state index contributed by atoms with van der Waals surface area (Å²) >= 11 is 0. The lowest BCUT2D eigenvalue weighted by atomic mass is 9.96. The third kappa shape index (κ3) is 4.14. The van der Waals surface area contributed by atoms with Crippen molar-refractivity contribution in [2.24, 2.45) is 5.73 Å². The molecular weight excluding hydrogens is 230 g/mol. The highest BCUT2D eigenvalue weighted by atomic mass is 16.5. The fourth-order valence-corrected chi connectivity index (χ4v) is 1.78. The van der Waals surface area contributed by atoms with Crippen LogP contribution in [0.1, 0.15) is 38.8 Å². The molecule has 0 bridgehead atoms. The molecule has 0 aliphatic heterocycles. The number of rotatable bonds is 7. The monoisotopic (exact) mass is 253 g/mol. The molecule has 1 aromatic heterocycles. The topological polar surface area (TPSA) is 70.1 Å². The van der Waals surface area contributed by atoms with E-state index in [1.165, 1.54) is 0 Å². The van der Waals surface area contributed by atoms with Crippen molar-refractivity contribution in [1.82, 2.24) is 9.78 Å². The van der Waals surface area contributed by atoms with Crippen LogP contribution in [-0.4, -0.2) is 27.9 Å². The first-order valence-electron chi connectivity index (χ1n) is 6.42. The van der Waals surface area contributed by atoms with Gasteiger partial charge < -0.3 is 10.5 Å². The van der Waals surface area contributed by atoms with Gasteiger partial charge in [-0.05, 0) is 46.1 Å². The largest absolute Gasteiger partial charge is 0.465 e. The fourth-order valence-electron chi connectivity index (χ4n) is 1.78. The second kappa shape index (κ2) is 6.54. The molecule has 2 N–H and O–H groups in total. The summed E-state index contributed by atoms with van der Waals surface area (Å²) in [5.74, 6) is -0.319. The Morgan fingerprint density at radius 3 is 2.83 bits per heavy atom. The van der Waals surface area contributed by atoms with E-state index in [-0.39, 0.29) is 5.97 Å². The predicted octanol–water partition coefficient (Wildman–Crippen LogP) is 1.64.